The molecule has 2 aliphatic rings. The van der Waals surface area contributed by atoms with Crippen LogP contribution in [0.3, 0.4) is 0 Å². The molecular weight excluding hydrogens is 186 g/mol. The highest BCUT2D eigenvalue weighted by atomic mass is 15.6. The fourth-order valence-corrected chi connectivity index (χ4v) is 2.89. The van der Waals surface area contributed by atoms with Crippen molar-refractivity contribution in [3.8, 4) is 0 Å². The van der Waals surface area contributed by atoms with Crippen LogP contribution in [0.15, 0.2) is 0 Å². The molecule has 2 N–H and O–H groups in total. The minimum Gasteiger partial charge on any atom is -0.330 e. The number of rotatable bonds is 3. The van der Waals surface area contributed by atoms with Gasteiger partial charge in [-0.25, -0.2) is 10.0 Å². The van der Waals surface area contributed by atoms with E-state index in [2.05, 4.69) is 10.0 Å². The Balaban J connectivity index is 1.72. The standard InChI is InChI=1S/C12H25N3/c13-7-4-12-5-10-15(11-6-12)14-8-2-1-3-9-14/h12H,1-11,13H2. The maximum atomic E-state index is 5.61. The summed E-state index contributed by atoms with van der Waals surface area (Å²) in [5, 5.41) is 5.17. The lowest BCUT2D eigenvalue weighted by molar-refractivity contribution is -0.0614. The molecule has 0 amide bonds. The highest BCUT2D eigenvalue weighted by Crippen LogP contribution is 2.22. The fraction of sp³-hybridized carbons (Fsp3) is 1.00. The van der Waals surface area contributed by atoms with Gasteiger partial charge in [-0.1, -0.05) is 6.42 Å². The van der Waals surface area contributed by atoms with E-state index in [0.29, 0.717) is 0 Å². The molecule has 0 saturated carbocycles. The van der Waals surface area contributed by atoms with E-state index in [4.69, 9.17) is 5.73 Å². The van der Waals surface area contributed by atoms with E-state index in [1.807, 2.05) is 0 Å². The average molecular weight is 211 g/mol. The average Bonchev–Trinajstić information content (AvgIpc) is 2.32. The molecule has 0 radical (unpaired) electrons. The monoisotopic (exact) mass is 211 g/mol. The van der Waals surface area contributed by atoms with Crippen molar-refractivity contribution >= 4 is 0 Å². The molecule has 3 heteroatoms. The molecule has 3 nitrogen and oxygen atoms in total. The summed E-state index contributed by atoms with van der Waals surface area (Å²) in [4.78, 5) is 0. The zero-order valence-electron chi connectivity index (χ0n) is 9.83. The van der Waals surface area contributed by atoms with Gasteiger partial charge in [-0.15, -0.1) is 0 Å². The van der Waals surface area contributed by atoms with Gasteiger partial charge in [-0.05, 0) is 44.6 Å². The van der Waals surface area contributed by atoms with Gasteiger partial charge in [0.1, 0.15) is 0 Å². The maximum absolute atomic E-state index is 5.61. The molecule has 0 aliphatic carbocycles. The number of hydrazine groups is 1. The second-order valence-electron chi connectivity index (χ2n) is 4.99. The van der Waals surface area contributed by atoms with Gasteiger partial charge in [0.05, 0.1) is 0 Å². The summed E-state index contributed by atoms with van der Waals surface area (Å²) < 4.78 is 0. The first kappa shape index (κ1) is 11.4. The Kier molecular flexibility index (Phi) is 4.42. The van der Waals surface area contributed by atoms with Gasteiger partial charge in [-0.2, -0.15) is 0 Å². The second kappa shape index (κ2) is 5.83. The van der Waals surface area contributed by atoms with Crippen LogP contribution in [0.2, 0.25) is 0 Å². The topological polar surface area (TPSA) is 32.5 Å². The van der Waals surface area contributed by atoms with Crippen molar-refractivity contribution in [3.63, 3.8) is 0 Å². The van der Waals surface area contributed by atoms with Gasteiger partial charge in [0, 0.05) is 26.2 Å². The van der Waals surface area contributed by atoms with Crippen LogP contribution in [0.5, 0.6) is 0 Å². The first-order chi connectivity index (χ1) is 7.40. The highest BCUT2D eigenvalue weighted by molar-refractivity contribution is 4.73. The molecule has 2 saturated heterocycles. The first-order valence-corrected chi connectivity index (χ1v) is 6.60. The first-order valence-electron chi connectivity index (χ1n) is 6.60. The van der Waals surface area contributed by atoms with Crippen molar-refractivity contribution in [2.45, 2.75) is 38.5 Å². The third-order valence-electron chi connectivity index (χ3n) is 3.90. The van der Waals surface area contributed by atoms with Crippen LogP contribution < -0.4 is 5.73 Å². The third kappa shape index (κ3) is 3.16. The number of piperidine rings is 2. The van der Waals surface area contributed by atoms with Crippen molar-refractivity contribution < 1.29 is 0 Å². The zero-order chi connectivity index (χ0) is 10.5. The van der Waals surface area contributed by atoms with Gasteiger partial charge in [0.2, 0.25) is 0 Å². The summed E-state index contributed by atoms with van der Waals surface area (Å²) in [6.45, 7) is 5.99. The Morgan fingerprint density at radius 3 is 2.07 bits per heavy atom. The van der Waals surface area contributed by atoms with Crippen LogP contribution >= 0.6 is 0 Å². The normalized spacial score (nSPS) is 27.0. The van der Waals surface area contributed by atoms with Crippen molar-refractivity contribution in [1.29, 1.82) is 0 Å². The van der Waals surface area contributed by atoms with E-state index in [0.717, 1.165) is 12.5 Å². The summed E-state index contributed by atoms with van der Waals surface area (Å²) in [5.41, 5.74) is 5.61. The second-order valence-corrected chi connectivity index (χ2v) is 4.99. The molecule has 0 aromatic rings. The Morgan fingerprint density at radius 1 is 0.867 bits per heavy atom. The van der Waals surface area contributed by atoms with Gasteiger partial charge < -0.3 is 5.73 Å². The minimum atomic E-state index is 0.869. The molecule has 2 heterocycles. The molecule has 2 aliphatic heterocycles. The Morgan fingerprint density at radius 2 is 1.47 bits per heavy atom. The number of nitrogens with two attached hydrogens (primary N) is 1. The summed E-state index contributed by atoms with van der Waals surface area (Å²) >= 11 is 0. The quantitative estimate of drug-likeness (QED) is 0.767. The van der Waals surface area contributed by atoms with Gasteiger partial charge in [0.25, 0.3) is 0 Å². The molecule has 0 spiro atoms. The van der Waals surface area contributed by atoms with E-state index < -0.39 is 0 Å². The van der Waals surface area contributed by atoms with Crippen LogP contribution in [0.25, 0.3) is 0 Å². The van der Waals surface area contributed by atoms with E-state index in [9.17, 15) is 0 Å². The van der Waals surface area contributed by atoms with Crippen LogP contribution in [0, 0.1) is 5.92 Å². The minimum absolute atomic E-state index is 0.869. The van der Waals surface area contributed by atoms with E-state index in [1.165, 1.54) is 64.7 Å². The van der Waals surface area contributed by atoms with E-state index in [-0.39, 0.29) is 0 Å². The number of hydrogen-bond donors (Lipinski definition) is 1. The summed E-state index contributed by atoms with van der Waals surface area (Å²) in [6.07, 6.45) is 8.15. The Hall–Kier alpha value is -0.120. The summed E-state index contributed by atoms with van der Waals surface area (Å²) in [6, 6.07) is 0. The lowest BCUT2D eigenvalue weighted by Gasteiger charge is -2.41. The molecule has 2 fully saturated rings. The SMILES string of the molecule is NCCC1CCN(N2CCCCC2)CC1. The molecule has 0 bridgehead atoms. The predicted molar refractivity (Wildman–Crippen MR) is 63.4 cm³/mol. The molecule has 2 rings (SSSR count). The zero-order valence-corrected chi connectivity index (χ0v) is 9.83. The number of hydrogen-bond acceptors (Lipinski definition) is 3. The molecule has 0 aromatic heterocycles. The molecule has 88 valence electrons. The van der Waals surface area contributed by atoms with Crippen molar-refractivity contribution in [1.82, 2.24) is 10.0 Å². The predicted octanol–water partition coefficient (Wildman–Crippen LogP) is 1.45. The number of nitrogens with zero attached hydrogens (tertiary/aromatic N) is 2. The molecule has 0 atom stereocenters. The molecular formula is C12H25N3. The highest BCUT2D eigenvalue weighted by Gasteiger charge is 2.23. The maximum Gasteiger partial charge on any atom is 0.0136 e. The van der Waals surface area contributed by atoms with Crippen molar-refractivity contribution in [2.24, 2.45) is 11.7 Å². The lowest BCUT2D eigenvalue weighted by atomic mass is 9.94. The van der Waals surface area contributed by atoms with Gasteiger partial charge in [-0.3, -0.25) is 0 Å². The van der Waals surface area contributed by atoms with Crippen LogP contribution in [0.4, 0.5) is 0 Å². The molecule has 0 unspecified atom stereocenters. The van der Waals surface area contributed by atoms with E-state index in [1.54, 1.807) is 0 Å². The Bertz CT molecular complexity index is 170. The van der Waals surface area contributed by atoms with Gasteiger partial charge in [0.15, 0.2) is 0 Å². The smallest absolute Gasteiger partial charge is 0.0136 e. The largest absolute Gasteiger partial charge is 0.330 e. The third-order valence-corrected chi connectivity index (χ3v) is 3.90. The summed E-state index contributed by atoms with van der Waals surface area (Å²) in [5.74, 6) is 0.899. The van der Waals surface area contributed by atoms with Gasteiger partial charge >= 0.3 is 0 Å². The van der Waals surface area contributed by atoms with E-state index >= 15 is 0 Å². The van der Waals surface area contributed by atoms with Crippen LogP contribution in [-0.4, -0.2) is 42.7 Å². The fourth-order valence-electron chi connectivity index (χ4n) is 2.89. The summed E-state index contributed by atoms with van der Waals surface area (Å²) in [7, 11) is 0. The Labute approximate surface area is 93.6 Å². The lowest BCUT2D eigenvalue weighted by Crippen LogP contribution is -2.49. The van der Waals surface area contributed by atoms with Crippen molar-refractivity contribution in [3.05, 3.63) is 0 Å². The van der Waals surface area contributed by atoms with Crippen molar-refractivity contribution in [2.75, 3.05) is 32.7 Å². The van der Waals surface area contributed by atoms with Crippen LogP contribution in [-0.2, 0) is 0 Å². The molecule has 0 aromatic carbocycles. The molecule has 15 heavy (non-hydrogen) atoms. The van der Waals surface area contributed by atoms with Crippen LogP contribution in [0.1, 0.15) is 38.5 Å².